The Labute approximate surface area is 134 Å². The first kappa shape index (κ1) is 16.5. The van der Waals surface area contributed by atoms with Crippen LogP contribution < -0.4 is 9.54 Å². The molecule has 1 amide bonds. The summed E-state index contributed by atoms with van der Waals surface area (Å²) in [5.74, 6) is 0.678. The van der Waals surface area contributed by atoms with Crippen molar-refractivity contribution in [1.82, 2.24) is 4.57 Å². The fourth-order valence-electron chi connectivity index (χ4n) is 2.01. The van der Waals surface area contributed by atoms with Crippen molar-refractivity contribution in [3.05, 3.63) is 35.7 Å². The summed E-state index contributed by atoms with van der Waals surface area (Å²) in [5.41, 5.74) is 0.472. The molecule has 0 N–H and O–H groups in total. The average molecular weight is 318 g/mol. The maximum Gasteiger partial charge on any atom is 0.253 e. The lowest BCUT2D eigenvalue weighted by Gasteiger charge is -2.12. The van der Waals surface area contributed by atoms with Crippen molar-refractivity contribution in [2.24, 2.45) is 10.4 Å². The Morgan fingerprint density at radius 2 is 2.18 bits per heavy atom. The molecule has 0 unspecified atom stereocenters. The molecule has 0 atom stereocenters. The average Bonchev–Trinajstić information content (AvgIpc) is 2.77. The molecule has 0 fully saturated rings. The topological polar surface area (TPSA) is 43.6 Å². The van der Waals surface area contributed by atoms with E-state index in [0.29, 0.717) is 18.0 Å². The lowest BCUT2D eigenvalue weighted by molar-refractivity contribution is -0.125. The minimum absolute atomic E-state index is 0.130. The van der Waals surface area contributed by atoms with Gasteiger partial charge >= 0.3 is 0 Å². The number of benzene rings is 1. The number of hydrogen-bond donors (Lipinski definition) is 0. The minimum atomic E-state index is -0.495. The number of thiazole rings is 1. The zero-order valence-electron chi connectivity index (χ0n) is 13.5. The summed E-state index contributed by atoms with van der Waals surface area (Å²) in [6.07, 6.45) is 1.80. The van der Waals surface area contributed by atoms with Crippen LogP contribution in [0.25, 0.3) is 10.2 Å². The summed E-state index contributed by atoms with van der Waals surface area (Å²) in [4.78, 5) is 17.3. The molecule has 1 aromatic carbocycles. The molecule has 4 nitrogen and oxygen atoms in total. The molecule has 0 aliphatic carbocycles. The molecular weight excluding hydrogens is 296 g/mol. The summed E-state index contributed by atoms with van der Waals surface area (Å²) in [6, 6.07) is 5.91. The van der Waals surface area contributed by atoms with Crippen LogP contribution in [-0.2, 0) is 11.3 Å². The zero-order valence-corrected chi connectivity index (χ0v) is 14.4. The number of hydrogen-bond acceptors (Lipinski definition) is 3. The van der Waals surface area contributed by atoms with Crippen LogP contribution in [0.3, 0.4) is 0 Å². The second-order valence-corrected chi connectivity index (χ2v) is 7.00. The normalized spacial score (nSPS) is 12.6. The van der Waals surface area contributed by atoms with Gasteiger partial charge in [0.25, 0.3) is 5.91 Å². The molecular formula is C17H22N2O2S. The van der Waals surface area contributed by atoms with Gasteiger partial charge in [-0.25, -0.2) is 0 Å². The maximum absolute atomic E-state index is 12.2. The van der Waals surface area contributed by atoms with Crippen molar-refractivity contribution in [3.63, 3.8) is 0 Å². The van der Waals surface area contributed by atoms with Gasteiger partial charge in [0.2, 0.25) is 0 Å². The molecule has 0 saturated heterocycles. The van der Waals surface area contributed by atoms with Crippen LogP contribution in [0.2, 0.25) is 0 Å². The molecule has 118 valence electrons. The van der Waals surface area contributed by atoms with Crippen LogP contribution in [0.4, 0.5) is 0 Å². The summed E-state index contributed by atoms with van der Waals surface area (Å²) in [5, 5.41) is 0. The van der Waals surface area contributed by atoms with Crippen LogP contribution in [0.15, 0.2) is 35.8 Å². The Bertz CT molecular complexity index is 763. The van der Waals surface area contributed by atoms with Gasteiger partial charge in [0.05, 0.1) is 11.3 Å². The highest BCUT2D eigenvalue weighted by Crippen LogP contribution is 2.28. The Hall–Kier alpha value is -1.88. The van der Waals surface area contributed by atoms with Crippen LogP contribution in [0, 0.1) is 5.41 Å². The highest BCUT2D eigenvalue weighted by molar-refractivity contribution is 7.16. The highest BCUT2D eigenvalue weighted by Gasteiger charge is 2.21. The fraction of sp³-hybridized carbons (Fsp3) is 0.412. The number of nitrogens with zero attached hydrogens (tertiary/aromatic N) is 2. The summed E-state index contributed by atoms with van der Waals surface area (Å²) in [7, 11) is 0. The number of para-hydroxylation sites is 1. The molecule has 22 heavy (non-hydrogen) atoms. The first-order chi connectivity index (χ1) is 10.4. The van der Waals surface area contributed by atoms with Gasteiger partial charge in [-0.2, -0.15) is 4.99 Å². The first-order valence-electron chi connectivity index (χ1n) is 7.33. The predicted molar refractivity (Wildman–Crippen MR) is 91.2 cm³/mol. The summed E-state index contributed by atoms with van der Waals surface area (Å²) < 4.78 is 8.75. The van der Waals surface area contributed by atoms with Crippen molar-refractivity contribution in [2.75, 3.05) is 6.61 Å². The van der Waals surface area contributed by atoms with Crippen molar-refractivity contribution in [3.8, 4) is 5.75 Å². The molecule has 1 heterocycles. The van der Waals surface area contributed by atoms with Gasteiger partial charge in [-0.1, -0.05) is 44.3 Å². The van der Waals surface area contributed by atoms with E-state index in [2.05, 4.69) is 11.6 Å². The molecule has 2 rings (SSSR count). The van der Waals surface area contributed by atoms with Gasteiger partial charge in [0.1, 0.15) is 11.3 Å². The lowest BCUT2D eigenvalue weighted by atomic mass is 9.96. The lowest BCUT2D eigenvalue weighted by Crippen LogP contribution is -2.23. The maximum atomic E-state index is 12.2. The summed E-state index contributed by atoms with van der Waals surface area (Å²) >= 11 is 1.50. The van der Waals surface area contributed by atoms with Crippen molar-refractivity contribution in [2.45, 2.75) is 34.2 Å². The Morgan fingerprint density at radius 1 is 1.45 bits per heavy atom. The summed E-state index contributed by atoms with van der Waals surface area (Å²) in [6.45, 7) is 12.5. The molecule has 1 aromatic heterocycles. The van der Waals surface area contributed by atoms with E-state index < -0.39 is 5.41 Å². The molecule has 0 bridgehead atoms. The molecule has 0 spiro atoms. The fourth-order valence-corrected chi connectivity index (χ4v) is 3.06. The monoisotopic (exact) mass is 318 g/mol. The number of ether oxygens (including phenoxy) is 1. The van der Waals surface area contributed by atoms with Crippen LogP contribution in [-0.4, -0.2) is 17.1 Å². The van der Waals surface area contributed by atoms with Crippen molar-refractivity contribution >= 4 is 27.5 Å². The molecule has 2 aromatic rings. The van der Waals surface area contributed by atoms with E-state index >= 15 is 0 Å². The molecule has 0 saturated carbocycles. The van der Waals surface area contributed by atoms with Gasteiger partial charge < -0.3 is 9.30 Å². The van der Waals surface area contributed by atoms with Gasteiger partial charge in [-0.05, 0) is 19.1 Å². The molecule has 0 aliphatic heterocycles. The van der Waals surface area contributed by atoms with Crippen LogP contribution >= 0.6 is 11.3 Å². The van der Waals surface area contributed by atoms with E-state index in [1.807, 2.05) is 50.5 Å². The van der Waals surface area contributed by atoms with Gasteiger partial charge in [-0.3, -0.25) is 4.79 Å². The quantitative estimate of drug-likeness (QED) is 0.806. The first-order valence-corrected chi connectivity index (χ1v) is 8.15. The number of carbonyl (C=O) groups is 1. The standard InChI is InChI=1S/C17H22N2O2S/c1-6-11-19-14-12(21-7-2)9-8-10-13(14)22-16(19)18-15(20)17(3,4)5/h6,8-10H,1,7,11H2,2-5H3. The third-order valence-corrected chi connectivity index (χ3v) is 4.16. The van der Waals surface area contributed by atoms with E-state index in [4.69, 9.17) is 4.74 Å². The van der Waals surface area contributed by atoms with Gasteiger partial charge in [-0.15, -0.1) is 6.58 Å². The van der Waals surface area contributed by atoms with Gasteiger partial charge in [0, 0.05) is 12.0 Å². The number of allylic oxidation sites excluding steroid dienone is 1. The molecule has 0 aliphatic rings. The van der Waals surface area contributed by atoms with E-state index in [1.165, 1.54) is 11.3 Å². The Morgan fingerprint density at radius 3 is 2.77 bits per heavy atom. The number of rotatable bonds is 4. The Kier molecular flexibility index (Phi) is 4.86. The number of aromatic nitrogens is 1. The minimum Gasteiger partial charge on any atom is -0.492 e. The van der Waals surface area contributed by atoms with Crippen LogP contribution in [0.5, 0.6) is 5.75 Å². The van der Waals surface area contributed by atoms with E-state index in [0.717, 1.165) is 16.0 Å². The number of amides is 1. The smallest absolute Gasteiger partial charge is 0.253 e. The third-order valence-electron chi connectivity index (χ3n) is 3.11. The second-order valence-electron chi connectivity index (χ2n) is 5.99. The van der Waals surface area contributed by atoms with Crippen molar-refractivity contribution in [1.29, 1.82) is 0 Å². The second kappa shape index (κ2) is 6.48. The van der Waals surface area contributed by atoms with E-state index in [9.17, 15) is 4.79 Å². The van der Waals surface area contributed by atoms with Crippen LogP contribution in [0.1, 0.15) is 27.7 Å². The number of fused-ring (bicyclic) bond motifs is 1. The molecule has 0 radical (unpaired) electrons. The Balaban J connectivity index is 2.72. The predicted octanol–water partition coefficient (Wildman–Crippen LogP) is 3.76. The molecule has 5 heteroatoms. The van der Waals surface area contributed by atoms with E-state index in [1.54, 1.807) is 6.08 Å². The number of carbonyl (C=O) groups excluding carboxylic acids is 1. The van der Waals surface area contributed by atoms with E-state index in [-0.39, 0.29) is 5.91 Å². The highest BCUT2D eigenvalue weighted by atomic mass is 32.1. The zero-order chi connectivity index (χ0) is 16.3. The van der Waals surface area contributed by atoms with Crippen molar-refractivity contribution < 1.29 is 9.53 Å². The largest absolute Gasteiger partial charge is 0.492 e. The SMILES string of the molecule is C=CCn1c(=NC(=O)C(C)(C)C)sc2cccc(OCC)c21. The third kappa shape index (κ3) is 3.30. The van der Waals surface area contributed by atoms with Gasteiger partial charge in [0.15, 0.2) is 4.80 Å².